The van der Waals surface area contributed by atoms with Gasteiger partial charge in [0.15, 0.2) is 0 Å². The molecule has 0 aromatic rings. The van der Waals surface area contributed by atoms with Crippen LogP contribution in [0.2, 0.25) is 0 Å². The van der Waals surface area contributed by atoms with Gasteiger partial charge in [-0.15, -0.1) is 0 Å². The van der Waals surface area contributed by atoms with Crippen LogP contribution in [0.3, 0.4) is 0 Å². The minimum atomic E-state index is 0.493. The lowest BCUT2D eigenvalue weighted by Crippen LogP contribution is -2.36. The van der Waals surface area contributed by atoms with Crippen molar-refractivity contribution in [3.05, 3.63) is 5.92 Å². The molecule has 2 fully saturated rings. The summed E-state index contributed by atoms with van der Waals surface area (Å²) in [7, 11) is 0. The summed E-state index contributed by atoms with van der Waals surface area (Å²) in [6.45, 7) is 6.60. The highest BCUT2D eigenvalue weighted by Gasteiger charge is 2.44. The molecule has 4 atom stereocenters. The molecule has 0 aliphatic heterocycles. The van der Waals surface area contributed by atoms with E-state index in [0.717, 1.165) is 17.8 Å². The van der Waals surface area contributed by atoms with Gasteiger partial charge in [-0.1, -0.05) is 6.92 Å². The maximum atomic E-state index is 9.62. The molecule has 4 unspecified atom stereocenters. The van der Waals surface area contributed by atoms with Crippen LogP contribution in [0.4, 0.5) is 0 Å². The third-order valence-corrected chi connectivity index (χ3v) is 4.65. The zero-order valence-electron chi connectivity index (χ0n) is 10.3. The molecule has 2 aliphatic carbocycles. The second-order valence-electron chi connectivity index (χ2n) is 5.92. The predicted molar refractivity (Wildman–Crippen MR) is 64.3 cm³/mol. The largest absolute Gasteiger partial charge is 0.293 e. The SMILES string of the molecule is CC(=[OH+])C1CCC2C[C+](C)CC(C)C2C1. The highest BCUT2D eigenvalue weighted by atomic mass is 16.1. The molecule has 1 nitrogen and oxygen atoms in total. The van der Waals surface area contributed by atoms with Crippen LogP contribution in [0.15, 0.2) is 0 Å². The predicted octanol–water partition coefficient (Wildman–Crippen LogP) is 3.61. The lowest BCUT2D eigenvalue weighted by Gasteiger charge is -2.39. The number of hydrogen-bond acceptors (Lipinski definition) is 0. The summed E-state index contributed by atoms with van der Waals surface area (Å²) in [5, 5.41) is 0. The number of ketones is 1. The third kappa shape index (κ3) is 2.21. The topological polar surface area (TPSA) is 21.4 Å². The number of rotatable bonds is 1. The maximum absolute atomic E-state index is 9.62. The van der Waals surface area contributed by atoms with Crippen molar-refractivity contribution in [1.82, 2.24) is 0 Å². The van der Waals surface area contributed by atoms with Crippen molar-refractivity contribution in [2.75, 3.05) is 0 Å². The van der Waals surface area contributed by atoms with E-state index in [2.05, 4.69) is 13.8 Å². The van der Waals surface area contributed by atoms with Gasteiger partial charge in [-0.05, 0) is 31.1 Å². The molecule has 0 spiro atoms. The summed E-state index contributed by atoms with van der Waals surface area (Å²) in [6, 6.07) is 0. The van der Waals surface area contributed by atoms with E-state index in [1.165, 1.54) is 32.1 Å². The van der Waals surface area contributed by atoms with Crippen LogP contribution < -0.4 is 0 Å². The van der Waals surface area contributed by atoms with Gasteiger partial charge in [0.05, 0.1) is 31.6 Å². The fraction of sp³-hybridized carbons (Fsp3) is 0.857. The van der Waals surface area contributed by atoms with Crippen LogP contribution >= 0.6 is 0 Å². The quantitative estimate of drug-likeness (QED) is 0.464. The van der Waals surface area contributed by atoms with Crippen molar-refractivity contribution in [3.8, 4) is 0 Å². The number of carbonyl (C=O) groups excluding carboxylic acids is 1. The standard InChI is InChI=1S/C14H23O/c1-9-6-10(2)14-8-12(11(3)15)4-5-13(14)7-9/h10,12-14H,4-8H2,1-3H3/q+1/p+1. The first-order chi connectivity index (χ1) is 7.08. The Hall–Kier alpha value is -0.460. The summed E-state index contributed by atoms with van der Waals surface area (Å²) in [5.74, 6) is 5.50. The molecule has 2 saturated carbocycles. The van der Waals surface area contributed by atoms with E-state index in [1.807, 2.05) is 6.92 Å². The van der Waals surface area contributed by atoms with E-state index in [-0.39, 0.29) is 0 Å². The highest BCUT2D eigenvalue weighted by molar-refractivity contribution is 5.79. The van der Waals surface area contributed by atoms with Crippen LogP contribution in [0, 0.1) is 29.6 Å². The molecule has 84 valence electrons. The Morgan fingerprint density at radius 1 is 1.27 bits per heavy atom. The smallest absolute Gasteiger partial charge is 0.284 e. The molecule has 2 rings (SSSR count). The van der Waals surface area contributed by atoms with E-state index in [4.69, 9.17) is 0 Å². The summed E-state index contributed by atoms with van der Waals surface area (Å²) < 4.78 is 0. The van der Waals surface area contributed by atoms with Crippen LogP contribution in [-0.4, -0.2) is 10.6 Å². The molecule has 0 bridgehead atoms. The molecular formula is C14H24O+2. The van der Waals surface area contributed by atoms with Crippen LogP contribution in [-0.2, 0) is 0 Å². The molecule has 0 heterocycles. The van der Waals surface area contributed by atoms with Gasteiger partial charge in [-0.2, -0.15) is 0 Å². The molecular weight excluding hydrogens is 184 g/mol. The maximum Gasteiger partial charge on any atom is 0.293 e. The van der Waals surface area contributed by atoms with Crippen molar-refractivity contribution in [2.24, 2.45) is 23.7 Å². The zero-order chi connectivity index (χ0) is 11.0. The van der Waals surface area contributed by atoms with E-state index < -0.39 is 0 Å². The van der Waals surface area contributed by atoms with Crippen LogP contribution in [0.25, 0.3) is 0 Å². The molecule has 0 aromatic heterocycles. The molecule has 1 heteroatoms. The van der Waals surface area contributed by atoms with Crippen LogP contribution in [0.5, 0.6) is 0 Å². The molecule has 2 aliphatic rings. The highest BCUT2D eigenvalue weighted by Crippen LogP contribution is 2.48. The Labute approximate surface area is 93.6 Å². The average Bonchev–Trinajstić information content (AvgIpc) is 2.16. The minimum absolute atomic E-state index is 0.493. The zero-order valence-corrected chi connectivity index (χ0v) is 10.3. The van der Waals surface area contributed by atoms with E-state index in [9.17, 15) is 4.79 Å². The Morgan fingerprint density at radius 2 is 2.00 bits per heavy atom. The molecule has 0 amide bonds. The summed E-state index contributed by atoms with van der Waals surface area (Å²) >= 11 is 0. The number of hydrogen-bond donors (Lipinski definition) is 0. The van der Waals surface area contributed by atoms with Gasteiger partial charge in [0, 0.05) is 12.8 Å². The Morgan fingerprint density at radius 3 is 2.67 bits per heavy atom. The summed E-state index contributed by atoms with van der Waals surface area (Å²) in [5.41, 5.74) is 0. The van der Waals surface area contributed by atoms with E-state index in [1.54, 1.807) is 5.92 Å². The van der Waals surface area contributed by atoms with Crippen molar-refractivity contribution in [1.29, 1.82) is 0 Å². The molecule has 1 N–H and O–H groups in total. The van der Waals surface area contributed by atoms with Gasteiger partial charge < -0.3 is 0 Å². The van der Waals surface area contributed by atoms with E-state index in [0.29, 0.717) is 11.7 Å². The Kier molecular flexibility index (Phi) is 3.08. The van der Waals surface area contributed by atoms with Gasteiger partial charge in [-0.3, -0.25) is 4.79 Å². The van der Waals surface area contributed by atoms with Gasteiger partial charge in [0.1, 0.15) is 0 Å². The average molecular weight is 208 g/mol. The van der Waals surface area contributed by atoms with Crippen molar-refractivity contribution < 1.29 is 4.79 Å². The summed E-state index contributed by atoms with van der Waals surface area (Å²) in [6.07, 6.45) is 6.45. The number of fused-ring (bicyclic) bond motifs is 1. The molecule has 0 radical (unpaired) electrons. The molecule has 15 heavy (non-hydrogen) atoms. The third-order valence-electron chi connectivity index (χ3n) is 4.65. The van der Waals surface area contributed by atoms with Gasteiger partial charge in [0.2, 0.25) is 0 Å². The lowest BCUT2D eigenvalue weighted by molar-refractivity contribution is 0.110. The minimum Gasteiger partial charge on any atom is -0.284 e. The normalized spacial score (nSPS) is 41.1. The van der Waals surface area contributed by atoms with Crippen molar-refractivity contribution in [3.63, 3.8) is 0 Å². The second kappa shape index (κ2) is 4.19. The molecule has 0 aromatic carbocycles. The van der Waals surface area contributed by atoms with Gasteiger partial charge in [-0.25, -0.2) is 0 Å². The van der Waals surface area contributed by atoms with Crippen LogP contribution in [0.1, 0.15) is 52.9 Å². The fourth-order valence-corrected chi connectivity index (χ4v) is 3.83. The van der Waals surface area contributed by atoms with E-state index >= 15 is 0 Å². The monoisotopic (exact) mass is 208 g/mol. The van der Waals surface area contributed by atoms with Crippen molar-refractivity contribution in [2.45, 2.75) is 52.9 Å². The second-order valence-corrected chi connectivity index (χ2v) is 5.92. The first-order valence-corrected chi connectivity index (χ1v) is 6.41. The van der Waals surface area contributed by atoms with Gasteiger partial charge in [0.25, 0.3) is 5.78 Å². The Balaban J connectivity index is 2.03. The van der Waals surface area contributed by atoms with Crippen molar-refractivity contribution >= 4 is 5.78 Å². The Bertz CT molecular complexity index is 246. The lowest BCUT2D eigenvalue weighted by atomic mass is 9.61. The van der Waals surface area contributed by atoms with Gasteiger partial charge >= 0.3 is 0 Å². The first-order valence-electron chi connectivity index (χ1n) is 6.41. The fourth-order valence-electron chi connectivity index (χ4n) is 3.83. The first kappa shape index (κ1) is 11.0. The summed E-state index contributed by atoms with van der Waals surface area (Å²) in [4.78, 5) is 9.62. The molecule has 0 saturated heterocycles.